The number of aliphatic hydroxyl groups excluding tert-OH is 2. The molecule has 0 aromatic heterocycles. The summed E-state index contributed by atoms with van der Waals surface area (Å²) in [5.41, 5.74) is 4.44. The molecule has 360 valence electrons. The topological polar surface area (TPSA) is 179 Å². The number of rotatable bonds is 20. The number of nitriles is 1. The van der Waals surface area contributed by atoms with Crippen LogP contribution in [0.3, 0.4) is 0 Å². The van der Waals surface area contributed by atoms with E-state index in [1.165, 1.54) is 0 Å². The maximum atomic E-state index is 15.5. The molecule has 2 fully saturated rings. The summed E-state index contributed by atoms with van der Waals surface area (Å²) in [7, 11) is 0. The zero-order chi connectivity index (χ0) is 47.7. The molecule has 0 bridgehead atoms. The van der Waals surface area contributed by atoms with Gasteiger partial charge in [-0.15, -0.1) is 6.58 Å². The Morgan fingerprint density at radius 1 is 0.928 bits per heavy atom. The van der Waals surface area contributed by atoms with E-state index >= 15 is 4.79 Å². The van der Waals surface area contributed by atoms with Gasteiger partial charge in [0.2, 0.25) is 18.9 Å². The highest BCUT2D eigenvalue weighted by Crippen LogP contribution is 2.62. The van der Waals surface area contributed by atoms with Crippen LogP contribution in [0.25, 0.3) is 0 Å². The summed E-state index contributed by atoms with van der Waals surface area (Å²) in [5.74, 6) is -0.0462. The van der Waals surface area contributed by atoms with E-state index in [2.05, 4.69) is 18.7 Å². The average molecular weight is 938 g/mol. The molecule has 14 heteroatoms. The van der Waals surface area contributed by atoms with Crippen molar-refractivity contribution in [1.82, 2.24) is 4.90 Å². The van der Waals surface area contributed by atoms with E-state index < -0.39 is 24.0 Å². The molecule has 1 amide bonds. The number of allylic oxidation sites excluding steroid dienone is 1. The Labute approximate surface area is 402 Å². The average Bonchev–Trinajstić information content (AvgIpc) is 3.86. The van der Waals surface area contributed by atoms with Crippen LogP contribution in [-0.2, 0) is 20.9 Å². The molecule has 14 nitrogen and oxygen atoms in total. The van der Waals surface area contributed by atoms with Gasteiger partial charge in [0.05, 0.1) is 36.5 Å². The highest BCUT2D eigenvalue weighted by atomic mass is 16.8. The lowest BCUT2D eigenvalue weighted by atomic mass is 9.55. The molecular weight excluding hydrogens is 879 g/mol. The van der Waals surface area contributed by atoms with Crippen LogP contribution in [0, 0.1) is 29.1 Å². The molecule has 69 heavy (non-hydrogen) atoms. The van der Waals surface area contributed by atoms with Crippen LogP contribution in [0.1, 0.15) is 108 Å². The predicted octanol–water partition coefficient (Wildman–Crippen LogP) is 9.39. The molecule has 7 atom stereocenters. The van der Waals surface area contributed by atoms with E-state index in [9.17, 15) is 20.3 Å². The van der Waals surface area contributed by atoms with Crippen molar-refractivity contribution in [3.63, 3.8) is 0 Å². The zero-order valence-corrected chi connectivity index (χ0v) is 38.7. The van der Waals surface area contributed by atoms with Gasteiger partial charge in [0, 0.05) is 55.2 Å². The minimum absolute atomic E-state index is 0.00101. The Balaban J connectivity index is 1.26. The highest BCUT2D eigenvalue weighted by molar-refractivity contribution is 6.03. The molecule has 0 spiro atoms. The first-order valence-electron chi connectivity index (χ1n) is 24.1. The Hall–Kier alpha value is -6.50. The Morgan fingerprint density at radius 3 is 2.49 bits per heavy atom. The first kappa shape index (κ1) is 47.6. The molecular formula is C55H59N3O11. The smallest absolute Gasteiger partial charge is 0.254 e. The minimum Gasteiger partial charge on any atom is -0.459 e. The second-order valence-electron chi connectivity index (χ2n) is 18.3. The summed E-state index contributed by atoms with van der Waals surface area (Å²) in [4.78, 5) is 35.4. The van der Waals surface area contributed by atoms with Gasteiger partial charge < -0.3 is 48.4 Å². The molecule has 4 aromatic carbocycles. The number of aliphatic hydroxyl groups is 2. The summed E-state index contributed by atoms with van der Waals surface area (Å²) in [6, 6.07) is 26.3. The van der Waals surface area contributed by atoms with Gasteiger partial charge in [-0.1, -0.05) is 48.3 Å². The fourth-order valence-corrected chi connectivity index (χ4v) is 10.8. The Morgan fingerprint density at radius 2 is 1.72 bits per heavy atom. The monoisotopic (exact) mass is 937 g/mol. The normalized spacial score (nSPS) is 24.7. The number of benzene rings is 4. The van der Waals surface area contributed by atoms with Crippen LogP contribution < -0.4 is 18.9 Å². The summed E-state index contributed by atoms with van der Waals surface area (Å²) in [5, 5.41) is 34.8. The van der Waals surface area contributed by atoms with Gasteiger partial charge in [-0.05, 0) is 128 Å². The van der Waals surface area contributed by atoms with Gasteiger partial charge in [-0.25, -0.2) is 0 Å². The van der Waals surface area contributed by atoms with Crippen LogP contribution in [0.15, 0.2) is 114 Å². The summed E-state index contributed by atoms with van der Waals surface area (Å²) in [6.07, 6.45) is 11.2. The Kier molecular flexibility index (Phi) is 15.1. The second kappa shape index (κ2) is 21.9. The zero-order valence-electron chi connectivity index (χ0n) is 38.7. The molecule has 1 saturated carbocycles. The lowest BCUT2D eigenvalue weighted by Crippen LogP contribution is -2.70. The number of unbranched alkanes of at least 4 members (excludes halogenated alkanes) is 2. The van der Waals surface area contributed by atoms with Crippen LogP contribution in [0.4, 0.5) is 0 Å². The number of aldehydes is 1. The number of carbonyl (C=O) groups excluding carboxylic acids is 2. The number of amides is 1. The molecule has 2 N–H and O–H groups in total. The first-order chi connectivity index (χ1) is 33.9. The number of ether oxygens (including phenoxy) is 6. The van der Waals surface area contributed by atoms with Gasteiger partial charge in [0.25, 0.3) is 5.91 Å². The van der Waals surface area contributed by atoms with E-state index in [1.807, 2.05) is 36.4 Å². The van der Waals surface area contributed by atoms with Gasteiger partial charge in [-0.2, -0.15) is 5.26 Å². The van der Waals surface area contributed by atoms with Crippen molar-refractivity contribution >= 4 is 17.9 Å². The van der Waals surface area contributed by atoms with Crippen molar-refractivity contribution in [3.05, 3.63) is 137 Å². The number of fused-ring (bicyclic) bond motifs is 3. The number of oxime groups is 1. The fraction of sp³-hybridized carbons (Fsp3) is 0.418. The molecule has 3 heterocycles. The largest absolute Gasteiger partial charge is 0.459 e. The third kappa shape index (κ3) is 10.1. The van der Waals surface area contributed by atoms with Crippen molar-refractivity contribution in [3.8, 4) is 34.8 Å². The quantitative estimate of drug-likeness (QED) is 0.0372. The standard InChI is InChI=1S/C55H59N3O11/c1-2-25-66-55-50(58(54(62)39-18-15-36(32-56)16-19-39)33-37-17-21-48-49(28-37)65-35-64-48)31-46(57-69-51-14-5-8-26-63-51)44-29-40(11-3-6-23-59)43(13-4-7-24-60)52(53(44)55)45-30-42(20-22-47(45)68-55)67-41-12-9-10-38(27-41)34-61/h2,9-10,12,15-22,27-30,34,40,43,50-53,59-60H,1,3-8,11,13-14,23-26,31,33,35H2. The molecule has 5 aliphatic rings. The van der Waals surface area contributed by atoms with E-state index in [4.69, 9.17) is 38.4 Å². The van der Waals surface area contributed by atoms with Crippen LogP contribution in [-0.4, -0.2) is 84.4 Å². The minimum atomic E-state index is -1.55. The third-order valence-corrected chi connectivity index (χ3v) is 14.0. The third-order valence-electron chi connectivity index (χ3n) is 14.0. The van der Waals surface area contributed by atoms with Gasteiger partial charge in [-0.3, -0.25) is 9.59 Å². The lowest BCUT2D eigenvalue weighted by Gasteiger charge is -2.60. The van der Waals surface area contributed by atoms with Crippen molar-refractivity contribution in [2.24, 2.45) is 22.9 Å². The van der Waals surface area contributed by atoms with Gasteiger partial charge in [0.1, 0.15) is 29.6 Å². The lowest BCUT2D eigenvalue weighted by molar-refractivity contribution is -0.255. The summed E-state index contributed by atoms with van der Waals surface area (Å²) < 4.78 is 38.7. The number of nitrogens with zero attached hydrogens (tertiary/aromatic N) is 3. The van der Waals surface area contributed by atoms with E-state index in [0.717, 1.165) is 61.5 Å². The second-order valence-corrected chi connectivity index (χ2v) is 18.3. The molecule has 9 rings (SSSR count). The summed E-state index contributed by atoms with van der Waals surface area (Å²) >= 11 is 0. The number of hydrogen-bond donors (Lipinski definition) is 2. The van der Waals surface area contributed by atoms with E-state index in [1.54, 1.807) is 59.5 Å². The van der Waals surface area contributed by atoms with Crippen molar-refractivity contribution in [2.45, 2.75) is 94.8 Å². The first-order valence-corrected chi connectivity index (χ1v) is 24.1. The van der Waals surface area contributed by atoms with Crippen molar-refractivity contribution in [1.29, 1.82) is 5.26 Å². The maximum Gasteiger partial charge on any atom is 0.254 e. The van der Waals surface area contributed by atoms with Crippen LogP contribution in [0.5, 0.6) is 28.7 Å². The molecule has 1 saturated heterocycles. The molecule has 7 unspecified atom stereocenters. The van der Waals surface area contributed by atoms with Gasteiger partial charge in [0.15, 0.2) is 11.5 Å². The van der Waals surface area contributed by atoms with Crippen LogP contribution in [0.2, 0.25) is 0 Å². The van der Waals surface area contributed by atoms with Crippen LogP contribution >= 0.6 is 0 Å². The Bertz CT molecular complexity index is 2580. The molecule has 4 aromatic rings. The fourth-order valence-electron chi connectivity index (χ4n) is 10.8. The van der Waals surface area contributed by atoms with Gasteiger partial charge >= 0.3 is 0 Å². The SMILES string of the molecule is C=CCOC12Oc3ccc(Oc4cccc(C=O)c4)cc3C3C(CCCCO)C(CCCCO)C=C(C(=NOC4CCCCO4)CC1N(Cc1ccc4c(c1)OCO4)C(=O)c1ccc(C#N)cc1)C32. The highest BCUT2D eigenvalue weighted by Gasteiger charge is 2.65. The predicted molar refractivity (Wildman–Crippen MR) is 255 cm³/mol. The van der Waals surface area contributed by atoms with E-state index in [-0.39, 0.29) is 63.2 Å². The molecule has 2 aliphatic carbocycles. The van der Waals surface area contributed by atoms with Crippen molar-refractivity contribution in [2.75, 3.05) is 33.2 Å². The number of hydrogen-bond acceptors (Lipinski definition) is 13. The van der Waals surface area contributed by atoms with Crippen molar-refractivity contribution < 1.29 is 53.1 Å². The summed E-state index contributed by atoms with van der Waals surface area (Å²) in [6.45, 7) is 5.02. The maximum absolute atomic E-state index is 15.5. The molecule has 3 aliphatic heterocycles. The molecule has 0 radical (unpaired) electrons. The van der Waals surface area contributed by atoms with E-state index in [0.29, 0.717) is 77.0 Å². The number of carbonyl (C=O) groups is 2.